The third-order valence-corrected chi connectivity index (χ3v) is 3.20. The van der Waals surface area contributed by atoms with Crippen LogP contribution in [0, 0.1) is 28.3 Å². The summed E-state index contributed by atoms with van der Waals surface area (Å²) in [6.45, 7) is 4.10. The van der Waals surface area contributed by atoms with Crippen LogP contribution in [0.15, 0.2) is 24.3 Å². The average molecular weight is 264 g/mol. The molecular weight excluding hydrogens is 247 g/mol. The molecule has 4 nitrogen and oxygen atoms in total. The van der Waals surface area contributed by atoms with E-state index in [1.54, 1.807) is 26.0 Å². The summed E-state index contributed by atoms with van der Waals surface area (Å²) in [5.41, 5.74) is 0.874. The van der Waals surface area contributed by atoms with Crippen molar-refractivity contribution in [2.45, 2.75) is 32.5 Å². The van der Waals surface area contributed by atoms with Crippen molar-refractivity contribution in [2.75, 3.05) is 6.54 Å². The van der Waals surface area contributed by atoms with Crippen LogP contribution in [0.5, 0.6) is 0 Å². The summed E-state index contributed by atoms with van der Waals surface area (Å²) >= 11 is 0. The zero-order valence-electron chi connectivity index (χ0n) is 11.0. The van der Waals surface area contributed by atoms with Gasteiger partial charge in [-0.3, -0.25) is 15.0 Å². The molecule has 0 bridgehead atoms. The maximum Gasteiger partial charge on any atom is 0.225 e. The minimum absolute atomic E-state index is 0.295. The van der Waals surface area contributed by atoms with Crippen molar-refractivity contribution in [2.24, 2.45) is 0 Å². The van der Waals surface area contributed by atoms with Gasteiger partial charge in [-0.1, -0.05) is 18.1 Å². The van der Waals surface area contributed by atoms with E-state index in [4.69, 9.17) is 6.42 Å². The highest BCUT2D eigenvalue weighted by Gasteiger charge is 2.27. The number of benzene rings is 1. The fourth-order valence-corrected chi connectivity index (χ4v) is 1.77. The maximum atomic E-state index is 12.8. The molecule has 2 unspecified atom stereocenters. The van der Waals surface area contributed by atoms with Gasteiger partial charge in [-0.15, -0.1) is 6.42 Å². The largest absolute Gasteiger partial charge is 0.279 e. The second kappa shape index (κ2) is 6.86. The fourth-order valence-electron chi connectivity index (χ4n) is 1.77. The quantitative estimate of drug-likeness (QED) is 0.450. The molecule has 0 aliphatic carbocycles. The van der Waals surface area contributed by atoms with E-state index in [1.165, 1.54) is 12.1 Å². The molecule has 0 amide bonds. The molecule has 1 aromatic carbocycles. The van der Waals surface area contributed by atoms with E-state index in [-0.39, 0.29) is 16.8 Å². The van der Waals surface area contributed by atoms with Crippen LogP contribution in [0.4, 0.5) is 4.39 Å². The number of halogens is 1. The van der Waals surface area contributed by atoms with Gasteiger partial charge in [0.1, 0.15) is 5.82 Å². The number of hydrogen-bond donors (Lipinski definition) is 0. The molecule has 0 aliphatic rings. The first kappa shape index (κ1) is 15.1. The number of nitro groups is 1. The molecule has 0 saturated heterocycles. The lowest BCUT2D eigenvalue weighted by Crippen LogP contribution is -2.43. The maximum absolute atomic E-state index is 12.8. The summed E-state index contributed by atoms with van der Waals surface area (Å²) in [7, 11) is 0. The van der Waals surface area contributed by atoms with Crippen LogP contribution in [0.2, 0.25) is 0 Å². The van der Waals surface area contributed by atoms with E-state index in [9.17, 15) is 14.5 Å². The van der Waals surface area contributed by atoms with Gasteiger partial charge in [0.05, 0.1) is 12.6 Å². The first-order valence-corrected chi connectivity index (χ1v) is 6.01. The molecule has 2 atom stereocenters. The number of rotatable bonds is 6. The lowest BCUT2D eigenvalue weighted by Gasteiger charge is -2.27. The van der Waals surface area contributed by atoms with Crippen molar-refractivity contribution in [3.8, 4) is 12.3 Å². The van der Waals surface area contributed by atoms with Gasteiger partial charge in [-0.25, -0.2) is 4.39 Å². The predicted octanol–water partition coefficient (Wildman–Crippen LogP) is 2.31. The van der Waals surface area contributed by atoms with Crippen molar-refractivity contribution in [1.82, 2.24) is 4.90 Å². The molecule has 0 heterocycles. The van der Waals surface area contributed by atoms with Crippen LogP contribution < -0.4 is 0 Å². The Labute approximate surface area is 112 Å². The van der Waals surface area contributed by atoms with Gasteiger partial charge in [0, 0.05) is 18.4 Å². The first-order chi connectivity index (χ1) is 8.95. The Hall–Kier alpha value is -1.93. The summed E-state index contributed by atoms with van der Waals surface area (Å²) in [4.78, 5) is 12.3. The lowest BCUT2D eigenvalue weighted by atomic mass is 10.1. The summed E-state index contributed by atoms with van der Waals surface area (Å²) in [6.07, 6.45) is 5.30. The number of terminal acetylenes is 1. The Balaban J connectivity index is 2.80. The van der Waals surface area contributed by atoms with E-state index >= 15 is 0 Å². The van der Waals surface area contributed by atoms with Gasteiger partial charge in [0.2, 0.25) is 6.04 Å². The third-order valence-electron chi connectivity index (χ3n) is 3.20. The molecule has 1 aromatic rings. The standard InChI is InChI=1S/C14H17FN2O2/c1-4-9-16(11(2)12(3)17(18)19)10-13-5-7-14(15)8-6-13/h1,5-8,11-12H,9-10H2,2-3H3. The molecule has 0 fully saturated rings. The average Bonchev–Trinajstić information content (AvgIpc) is 2.39. The second-order valence-electron chi connectivity index (χ2n) is 4.50. The van der Waals surface area contributed by atoms with Crippen LogP contribution >= 0.6 is 0 Å². The van der Waals surface area contributed by atoms with Gasteiger partial charge in [-0.05, 0) is 24.6 Å². The molecule has 102 valence electrons. The Bertz CT molecular complexity index is 467. The van der Waals surface area contributed by atoms with Crippen LogP contribution in [-0.2, 0) is 6.54 Å². The monoisotopic (exact) mass is 264 g/mol. The molecule has 5 heteroatoms. The van der Waals surface area contributed by atoms with Crippen LogP contribution in [-0.4, -0.2) is 28.5 Å². The van der Waals surface area contributed by atoms with Crippen molar-refractivity contribution >= 4 is 0 Å². The summed E-state index contributed by atoms with van der Waals surface area (Å²) in [6, 6.07) is 5.03. The van der Waals surface area contributed by atoms with Crippen LogP contribution in [0.3, 0.4) is 0 Å². The SMILES string of the molecule is C#CCN(Cc1ccc(F)cc1)C(C)C(C)[N+](=O)[O-]. The zero-order chi connectivity index (χ0) is 14.4. The summed E-state index contributed by atoms with van der Waals surface area (Å²) < 4.78 is 12.8. The number of nitrogens with zero attached hydrogens (tertiary/aromatic N) is 2. The van der Waals surface area contributed by atoms with E-state index in [2.05, 4.69) is 5.92 Å². The Morgan fingerprint density at radius 3 is 2.47 bits per heavy atom. The molecule has 0 radical (unpaired) electrons. The summed E-state index contributed by atoms with van der Waals surface area (Å²) in [5.74, 6) is 2.20. The third kappa shape index (κ3) is 4.34. The molecule has 0 aromatic heterocycles. The second-order valence-corrected chi connectivity index (χ2v) is 4.50. The molecule has 0 aliphatic heterocycles. The van der Waals surface area contributed by atoms with Gasteiger partial charge in [-0.2, -0.15) is 0 Å². The lowest BCUT2D eigenvalue weighted by molar-refractivity contribution is -0.525. The topological polar surface area (TPSA) is 46.4 Å². The summed E-state index contributed by atoms with van der Waals surface area (Å²) in [5, 5.41) is 10.8. The molecule has 19 heavy (non-hydrogen) atoms. The van der Waals surface area contributed by atoms with E-state index in [0.29, 0.717) is 13.1 Å². The Morgan fingerprint density at radius 2 is 2.00 bits per heavy atom. The van der Waals surface area contributed by atoms with Gasteiger partial charge in [0.15, 0.2) is 0 Å². The minimum Gasteiger partial charge on any atom is -0.279 e. The van der Waals surface area contributed by atoms with Gasteiger partial charge >= 0.3 is 0 Å². The smallest absolute Gasteiger partial charge is 0.225 e. The molecule has 0 saturated carbocycles. The first-order valence-electron chi connectivity index (χ1n) is 6.01. The highest BCUT2D eigenvalue weighted by atomic mass is 19.1. The van der Waals surface area contributed by atoms with E-state index in [0.717, 1.165) is 5.56 Å². The van der Waals surface area contributed by atoms with Crippen molar-refractivity contribution < 1.29 is 9.31 Å². The van der Waals surface area contributed by atoms with Gasteiger partial charge in [0.25, 0.3) is 0 Å². The predicted molar refractivity (Wildman–Crippen MR) is 71.6 cm³/mol. The highest BCUT2D eigenvalue weighted by Crippen LogP contribution is 2.12. The van der Waals surface area contributed by atoms with E-state index in [1.807, 2.05) is 4.90 Å². The van der Waals surface area contributed by atoms with Crippen molar-refractivity contribution in [1.29, 1.82) is 0 Å². The molecular formula is C14H17FN2O2. The Morgan fingerprint density at radius 1 is 1.42 bits per heavy atom. The fraction of sp³-hybridized carbons (Fsp3) is 0.429. The van der Waals surface area contributed by atoms with Gasteiger partial charge < -0.3 is 0 Å². The normalized spacial score (nSPS) is 13.8. The molecule has 0 spiro atoms. The van der Waals surface area contributed by atoms with E-state index < -0.39 is 6.04 Å². The highest BCUT2D eigenvalue weighted by molar-refractivity contribution is 5.16. The molecule has 1 rings (SSSR count). The van der Waals surface area contributed by atoms with Crippen molar-refractivity contribution in [3.05, 3.63) is 45.8 Å². The zero-order valence-corrected chi connectivity index (χ0v) is 11.0. The van der Waals surface area contributed by atoms with Crippen molar-refractivity contribution in [3.63, 3.8) is 0 Å². The number of hydrogen-bond acceptors (Lipinski definition) is 3. The van der Waals surface area contributed by atoms with Crippen LogP contribution in [0.25, 0.3) is 0 Å². The Kier molecular flexibility index (Phi) is 5.46. The molecule has 0 N–H and O–H groups in total. The minimum atomic E-state index is -0.714. The van der Waals surface area contributed by atoms with Crippen LogP contribution in [0.1, 0.15) is 19.4 Å².